The molecule has 0 saturated carbocycles. The number of hydrogen-bond donors (Lipinski definition) is 1. The largest absolute Gasteiger partial charge is 0.361 e. The lowest BCUT2D eigenvalue weighted by Gasteiger charge is -2.17. The molecule has 1 amide bonds. The van der Waals surface area contributed by atoms with Crippen LogP contribution in [0.5, 0.6) is 0 Å². The van der Waals surface area contributed by atoms with Gasteiger partial charge < -0.3 is 9.84 Å². The molecule has 1 aromatic carbocycles. The van der Waals surface area contributed by atoms with E-state index in [0.717, 1.165) is 5.56 Å². The summed E-state index contributed by atoms with van der Waals surface area (Å²) >= 11 is 0. The van der Waals surface area contributed by atoms with E-state index in [9.17, 15) is 4.79 Å². The Balaban J connectivity index is 2.19. The number of aromatic nitrogens is 1. The van der Waals surface area contributed by atoms with Crippen LogP contribution in [0, 0.1) is 27.7 Å². The molecule has 1 N–H and O–H groups in total. The fourth-order valence-corrected chi connectivity index (χ4v) is 2.47. The molecule has 0 spiro atoms. The van der Waals surface area contributed by atoms with Crippen LogP contribution in [0.2, 0.25) is 0 Å². The highest BCUT2D eigenvalue weighted by molar-refractivity contribution is 5.96. The van der Waals surface area contributed by atoms with Crippen molar-refractivity contribution >= 4 is 5.91 Å². The lowest BCUT2D eigenvalue weighted by atomic mass is 10.00. The summed E-state index contributed by atoms with van der Waals surface area (Å²) in [6, 6.07) is 6.18. The van der Waals surface area contributed by atoms with Gasteiger partial charge in [-0.05, 0) is 45.7 Å². The zero-order chi connectivity index (χ0) is 14.9. The van der Waals surface area contributed by atoms with Gasteiger partial charge in [-0.1, -0.05) is 28.9 Å². The first-order valence-electron chi connectivity index (χ1n) is 6.71. The molecular weight excluding hydrogens is 252 g/mol. The van der Waals surface area contributed by atoms with Gasteiger partial charge in [-0.3, -0.25) is 4.79 Å². The van der Waals surface area contributed by atoms with Crippen LogP contribution in [0.15, 0.2) is 22.7 Å². The quantitative estimate of drug-likeness (QED) is 0.931. The van der Waals surface area contributed by atoms with E-state index < -0.39 is 0 Å². The van der Waals surface area contributed by atoms with Gasteiger partial charge in [-0.15, -0.1) is 0 Å². The zero-order valence-corrected chi connectivity index (χ0v) is 12.6. The van der Waals surface area contributed by atoms with Gasteiger partial charge in [-0.25, -0.2) is 0 Å². The molecule has 2 aromatic rings. The Kier molecular flexibility index (Phi) is 3.93. The maximum absolute atomic E-state index is 12.3. The number of nitrogens with one attached hydrogen (secondary N) is 1. The number of carbonyl (C=O) groups is 1. The van der Waals surface area contributed by atoms with Crippen molar-refractivity contribution in [3.63, 3.8) is 0 Å². The summed E-state index contributed by atoms with van der Waals surface area (Å²) in [6.45, 7) is 9.61. The van der Waals surface area contributed by atoms with Gasteiger partial charge in [0.05, 0.1) is 11.7 Å². The zero-order valence-electron chi connectivity index (χ0n) is 12.6. The lowest BCUT2D eigenvalue weighted by Crippen LogP contribution is -2.27. The molecule has 0 saturated heterocycles. The number of aryl methyl sites for hydroxylation is 4. The molecule has 4 nitrogen and oxygen atoms in total. The molecule has 1 atom stereocenters. The van der Waals surface area contributed by atoms with E-state index in [1.165, 1.54) is 11.1 Å². The Morgan fingerprint density at radius 2 is 1.95 bits per heavy atom. The minimum Gasteiger partial charge on any atom is -0.361 e. The molecule has 0 aliphatic heterocycles. The Bertz CT molecular complexity index is 624. The summed E-state index contributed by atoms with van der Waals surface area (Å²) in [5.41, 5.74) is 4.66. The van der Waals surface area contributed by atoms with E-state index in [1.807, 2.05) is 6.92 Å². The Morgan fingerprint density at radius 1 is 1.25 bits per heavy atom. The molecule has 0 radical (unpaired) electrons. The molecule has 4 heteroatoms. The molecular formula is C16H20N2O2. The van der Waals surface area contributed by atoms with E-state index in [0.29, 0.717) is 17.0 Å². The topological polar surface area (TPSA) is 55.1 Å². The minimum atomic E-state index is -0.145. The average molecular weight is 272 g/mol. The Labute approximate surface area is 119 Å². The number of rotatable bonds is 3. The molecule has 2 rings (SSSR count). The van der Waals surface area contributed by atoms with Crippen molar-refractivity contribution in [1.82, 2.24) is 10.5 Å². The predicted molar refractivity (Wildman–Crippen MR) is 77.8 cm³/mol. The van der Waals surface area contributed by atoms with Gasteiger partial charge in [-0.2, -0.15) is 0 Å². The van der Waals surface area contributed by atoms with Crippen LogP contribution in [0.4, 0.5) is 0 Å². The lowest BCUT2D eigenvalue weighted by molar-refractivity contribution is 0.0938. The molecule has 0 bridgehead atoms. The third-order valence-corrected chi connectivity index (χ3v) is 3.50. The summed E-state index contributed by atoms with van der Waals surface area (Å²) < 4.78 is 5.03. The van der Waals surface area contributed by atoms with Crippen LogP contribution in [0.3, 0.4) is 0 Å². The second-order valence-corrected chi connectivity index (χ2v) is 5.25. The van der Waals surface area contributed by atoms with Crippen molar-refractivity contribution in [2.24, 2.45) is 0 Å². The highest BCUT2D eigenvalue weighted by Crippen LogP contribution is 2.20. The highest BCUT2D eigenvalue weighted by atomic mass is 16.5. The van der Waals surface area contributed by atoms with Crippen molar-refractivity contribution in [2.75, 3.05) is 0 Å². The summed E-state index contributed by atoms with van der Waals surface area (Å²) in [4.78, 5) is 12.3. The van der Waals surface area contributed by atoms with Gasteiger partial charge >= 0.3 is 0 Å². The van der Waals surface area contributed by atoms with Crippen molar-refractivity contribution in [3.05, 3.63) is 51.9 Å². The summed E-state index contributed by atoms with van der Waals surface area (Å²) in [6.07, 6.45) is 0. The van der Waals surface area contributed by atoms with Crippen molar-refractivity contribution in [2.45, 2.75) is 40.7 Å². The van der Waals surface area contributed by atoms with Crippen LogP contribution in [0.25, 0.3) is 0 Å². The number of carbonyl (C=O) groups excluding carboxylic acids is 1. The van der Waals surface area contributed by atoms with Gasteiger partial charge in [0, 0.05) is 0 Å². The maximum atomic E-state index is 12.3. The number of amides is 1. The second kappa shape index (κ2) is 5.49. The molecule has 1 heterocycles. The SMILES string of the molecule is Cc1ccc(C(C)NC(=O)c2c(C)noc2C)c(C)c1. The maximum Gasteiger partial charge on any atom is 0.257 e. The van der Waals surface area contributed by atoms with Crippen molar-refractivity contribution in [1.29, 1.82) is 0 Å². The van der Waals surface area contributed by atoms with Crippen LogP contribution in [-0.2, 0) is 0 Å². The molecule has 106 valence electrons. The highest BCUT2D eigenvalue weighted by Gasteiger charge is 2.20. The van der Waals surface area contributed by atoms with E-state index in [-0.39, 0.29) is 11.9 Å². The summed E-state index contributed by atoms with van der Waals surface area (Å²) in [5, 5.41) is 6.81. The summed E-state index contributed by atoms with van der Waals surface area (Å²) in [5.74, 6) is 0.404. The van der Waals surface area contributed by atoms with Gasteiger partial charge in [0.25, 0.3) is 5.91 Å². The van der Waals surface area contributed by atoms with Crippen LogP contribution >= 0.6 is 0 Å². The third kappa shape index (κ3) is 2.74. The van der Waals surface area contributed by atoms with E-state index in [1.54, 1.807) is 13.8 Å². The van der Waals surface area contributed by atoms with Gasteiger partial charge in [0.15, 0.2) is 0 Å². The molecule has 0 aliphatic rings. The van der Waals surface area contributed by atoms with Gasteiger partial charge in [0.2, 0.25) is 0 Å². The first-order chi connectivity index (χ1) is 9.40. The fourth-order valence-electron chi connectivity index (χ4n) is 2.47. The normalized spacial score (nSPS) is 12.2. The number of nitrogens with zero attached hydrogens (tertiary/aromatic N) is 1. The first-order valence-corrected chi connectivity index (χ1v) is 6.71. The minimum absolute atomic E-state index is 0.0585. The van der Waals surface area contributed by atoms with Gasteiger partial charge in [0.1, 0.15) is 11.3 Å². The summed E-state index contributed by atoms with van der Waals surface area (Å²) in [7, 11) is 0. The van der Waals surface area contributed by atoms with Crippen molar-refractivity contribution < 1.29 is 9.32 Å². The first kappa shape index (κ1) is 14.3. The second-order valence-electron chi connectivity index (χ2n) is 5.25. The Hall–Kier alpha value is -2.10. The van der Waals surface area contributed by atoms with E-state index in [4.69, 9.17) is 4.52 Å². The molecule has 1 aromatic heterocycles. The predicted octanol–water partition coefficient (Wildman–Crippen LogP) is 3.40. The molecule has 1 unspecified atom stereocenters. The average Bonchev–Trinajstić information content (AvgIpc) is 2.68. The molecule has 0 fully saturated rings. The van der Waals surface area contributed by atoms with Crippen LogP contribution in [-0.4, -0.2) is 11.1 Å². The monoisotopic (exact) mass is 272 g/mol. The third-order valence-electron chi connectivity index (χ3n) is 3.50. The van der Waals surface area contributed by atoms with Crippen LogP contribution < -0.4 is 5.32 Å². The standard InChI is InChI=1S/C16H20N2O2/c1-9-6-7-14(10(2)8-9)11(3)17-16(19)15-12(4)18-20-13(15)5/h6-8,11H,1-5H3,(H,17,19). The Morgan fingerprint density at radius 3 is 2.50 bits per heavy atom. The molecule has 0 aliphatic carbocycles. The smallest absolute Gasteiger partial charge is 0.257 e. The number of benzene rings is 1. The van der Waals surface area contributed by atoms with Crippen LogP contribution in [0.1, 0.15) is 51.5 Å². The van der Waals surface area contributed by atoms with E-state index in [2.05, 4.69) is 42.5 Å². The number of hydrogen-bond acceptors (Lipinski definition) is 3. The fraction of sp³-hybridized carbons (Fsp3) is 0.375. The van der Waals surface area contributed by atoms with Crippen molar-refractivity contribution in [3.8, 4) is 0 Å². The van der Waals surface area contributed by atoms with E-state index >= 15 is 0 Å². The molecule has 20 heavy (non-hydrogen) atoms.